The van der Waals surface area contributed by atoms with Gasteiger partial charge in [0.05, 0.1) is 7.11 Å². The lowest BCUT2D eigenvalue weighted by Gasteiger charge is -2.26. The molecule has 0 fully saturated rings. The molecule has 0 saturated carbocycles. The van der Waals surface area contributed by atoms with Crippen molar-refractivity contribution in [3.05, 3.63) is 77.4 Å². The molecule has 0 radical (unpaired) electrons. The minimum atomic E-state index is 0.165. The van der Waals surface area contributed by atoms with E-state index >= 15 is 0 Å². The maximum Gasteiger partial charge on any atom is 0.163 e. The maximum absolute atomic E-state index is 12.6. The van der Waals surface area contributed by atoms with Crippen LogP contribution in [-0.4, -0.2) is 12.9 Å². The van der Waals surface area contributed by atoms with E-state index in [-0.39, 0.29) is 11.7 Å². The van der Waals surface area contributed by atoms with Gasteiger partial charge in [0, 0.05) is 17.5 Å². The fraction of sp³-hybridized carbons (Fsp3) is 0.190. The molecule has 1 atom stereocenters. The lowest BCUT2D eigenvalue weighted by atomic mass is 9.78. The largest absolute Gasteiger partial charge is 0.496 e. The van der Waals surface area contributed by atoms with E-state index in [1.54, 1.807) is 7.11 Å². The first kappa shape index (κ1) is 14.0. The first-order valence-corrected chi connectivity index (χ1v) is 7.94. The summed E-state index contributed by atoms with van der Waals surface area (Å²) >= 11 is 0. The smallest absolute Gasteiger partial charge is 0.163 e. The summed E-state index contributed by atoms with van der Waals surface area (Å²) in [6.45, 7) is 0. The van der Waals surface area contributed by atoms with Gasteiger partial charge < -0.3 is 4.74 Å². The molecule has 23 heavy (non-hydrogen) atoms. The number of hydrogen-bond donors (Lipinski definition) is 0. The van der Waals surface area contributed by atoms with Crippen LogP contribution in [0.3, 0.4) is 0 Å². The second kappa shape index (κ2) is 5.54. The summed E-state index contributed by atoms with van der Waals surface area (Å²) in [5.41, 5.74) is 3.18. The molecule has 1 unspecified atom stereocenters. The van der Waals surface area contributed by atoms with Gasteiger partial charge in [0.25, 0.3) is 0 Å². The molecule has 0 N–H and O–H groups in total. The van der Waals surface area contributed by atoms with Gasteiger partial charge in [-0.15, -0.1) is 0 Å². The zero-order chi connectivity index (χ0) is 15.8. The van der Waals surface area contributed by atoms with Crippen molar-refractivity contribution < 1.29 is 9.53 Å². The molecule has 4 rings (SSSR count). The number of Topliss-reactive ketones (excluding diaryl/α,β-unsaturated/α-hetero) is 1. The highest BCUT2D eigenvalue weighted by Gasteiger charge is 2.28. The van der Waals surface area contributed by atoms with E-state index in [1.807, 2.05) is 36.4 Å². The highest BCUT2D eigenvalue weighted by molar-refractivity contribution is 6.00. The predicted octanol–water partition coefficient (Wildman–Crippen LogP) is 4.76. The van der Waals surface area contributed by atoms with Crippen molar-refractivity contribution in [2.45, 2.75) is 18.8 Å². The summed E-state index contributed by atoms with van der Waals surface area (Å²) in [7, 11) is 1.70. The molecule has 114 valence electrons. The van der Waals surface area contributed by atoms with Gasteiger partial charge in [-0.1, -0.05) is 54.6 Å². The molecule has 1 aliphatic rings. The number of rotatable bonds is 2. The van der Waals surface area contributed by atoms with Gasteiger partial charge in [0.2, 0.25) is 0 Å². The Labute approximate surface area is 135 Å². The molecular formula is C21H18O2. The molecule has 3 aromatic rings. The summed E-state index contributed by atoms with van der Waals surface area (Å²) in [5, 5.41) is 2.37. The van der Waals surface area contributed by atoms with Crippen LogP contribution in [0.1, 0.15) is 33.8 Å². The molecule has 0 aliphatic heterocycles. The van der Waals surface area contributed by atoms with Crippen molar-refractivity contribution in [2.24, 2.45) is 0 Å². The van der Waals surface area contributed by atoms with Gasteiger partial charge in [-0.2, -0.15) is 0 Å². The molecule has 0 amide bonds. The van der Waals surface area contributed by atoms with E-state index in [1.165, 1.54) is 10.8 Å². The SMILES string of the molecule is COc1ccc2ccccc2c1C1CC(=O)c2ccccc2C1. The van der Waals surface area contributed by atoms with Crippen LogP contribution in [0.2, 0.25) is 0 Å². The average molecular weight is 302 g/mol. The van der Waals surface area contributed by atoms with Gasteiger partial charge in [0.15, 0.2) is 5.78 Å². The molecule has 3 aromatic carbocycles. The summed E-state index contributed by atoms with van der Waals surface area (Å²) in [5.74, 6) is 1.27. The number of ketones is 1. The standard InChI is InChI=1S/C21H18O2/c1-23-20-11-10-14-6-2-5-9-18(14)21(20)16-12-15-7-3-4-8-17(15)19(22)13-16/h2-11,16H,12-13H2,1H3. The molecule has 2 heteroatoms. The zero-order valence-corrected chi connectivity index (χ0v) is 13.1. The third kappa shape index (κ3) is 2.31. The van der Waals surface area contributed by atoms with Gasteiger partial charge >= 0.3 is 0 Å². The number of methoxy groups -OCH3 is 1. The monoisotopic (exact) mass is 302 g/mol. The minimum absolute atomic E-state index is 0.165. The molecule has 0 heterocycles. The summed E-state index contributed by atoms with van der Waals surface area (Å²) in [6.07, 6.45) is 1.42. The van der Waals surface area contributed by atoms with Gasteiger partial charge in [-0.25, -0.2) is 0 Å². The average Bonchev–Trinajstić information content (AvgIpc) is 2.60. The topological polar surface area (TPSA) is 26.3 Å². The van der Waals surface area contributed by atoms with E-state index in [0.717, 1.165) is 28.9 Å². The van der Waals surface area contributed by atoms with Crippen LogP contribution in [0.4, 0.5) is 0 Å². The Morgan fingerprint density at radius 2 is 1.70 bits per heavy atom. The Morgan fingerprint density at radius 3 is 2.57 bits per heavy atom. The molecule has 0 saturated heterocycles. The first-order valence-electron chi connectivity index (χ1n) is 7.94. The van der Waals surface area contributed by atoms with Gasteiger partial charge in [-0.3, -0.25) is 4.79 Å². The predicted molar refractivity (Wildman–Crippen MR) is 92.3 cm³/mol. The fourth-order valence-electron chi connectivity index (χ4n) is 3.72. The number of ether oxygens (including phenoxy) is 1. The lowest BCUT2D eigenvalue weighted by molar-refractivity contribution is 0.0964. The fourth-order valence-corrected chi connectivity index (χ4v) is 3.72. The normalized spacial score (nSPS) is 17.1. The molecule has 0 aromatic heterocycles. The van der Waals surface area contributed by atoms with Gasteiger partial charge in [0.1, 0.15) is 5.75 Å². The van der Waals surface area contributed by atoms with E-state index in [4.69, 9.17) is 4.74 Å². The Kier molecular flexibility index (Phi) is 3.38. The molecule has 0 spiro atoms. The number of carbonyl (C=O) groups excluding carboxylic acids is 1. The number of hydrogen-bond acceptors (Lipinski definition) is 2. The molecule has 0 bridgehead atoms. The second-order valence-corrected chi connectivity index (χ2v) is 6.09. The second-order valence-electron chi connectivity index (χ2n) is 6.09. The van der Waals surface area contributed by atoms with Crippen LogP contribution >= 0.6 is 0 Å². The number of benzene rings is 3. The Morgan fingerprint density at radius 1 is 0.913 bits per heavy atom. The summed E-state index contributed by atoms with van der Waals surface area (Å²) in [6, 6.07) is 20.4. The zero-order valence-electron chi connectivity index (χ0n) is 13.1. The van der Waals surface area contributed by atoms with Crippen LogP contribution in [0, 0.1) is 0 Å². The summed E-state index contributed by atoms with van der Waals surface area (Å²) in [4.78, 5) is 12.6. The van der Waals surface area contributed by atoms with E-state index in [0.29, 0.717) is 6.42 Å². The van der Waals surface area contributed by atoms with E-state index in [9.17, 15) is 4.79 Å². The highest BCUT2D eigenvalue weighted by atomic mass is 16.5. The Balaban J connectivity index is 1.88. The van der Waals surface area contributed by atoms with Crippen LogP contribution < -0.4 is 4.74 Å². The van der Waals surface area contributed by atoms with E-state index in [2.05, 4.69) is 24.3 Å². The molecular weight excluding hydrogens is 284 g/mol. The van der Waals surface area contributed by atoms with Crippen LogP contribution in [-0.2, 0) is 6.42 Å². The maximum atomic E-state index is 12.6. The van der Waals surface area contributed by atoms with Crippen molar-refractivity contribution in [3.8, 4) is 5.75 Å². The van der Waals surface area contributed by atoms with Crippen molar-refractivity contribution >= 4 is 16.6 Å². The third-order valence-corrected chi connectivity index (χ3v) is 4.77. The van der Waals surface area contributed by atoms with Gasteiger partial charge in [-0.05, 0) is 34.7 Å². The quantitative estimate of drug-likeness (QED) is 0.682. The summed E-state index contributed by atoms with van der Waals surface area (Å²) < 4.78 is 5.62. The van der Waals surface area contributed by atoms with Crippen molar-refractivity contribution in [3.63, 3.8) is 0 Å². The molecule has 1 aliphatic carbocycles. The van der Waals surface area contributed by atoms with E-state index < -0.39 is 0 Å². The Bertz CT molecular complexity index is 895. The van der Waals surface area contributed by atoms with Crippen LogP contribution in [0.5, 0.6) is 5.75 Å². The Hall–Kier alpha value is -2.61. The van der Waals surface area contributed by atoms with Crippen molar-refractivity contribution in [1.82, 2.24) is 0 Å². The lowest BCUT2D eigenvalue weighted by Crippen LogP contribution is -2.19. The minimum Gasteiger partial charge on any atom is -0.496 e. The first-order chi connectivity index (χ1) is 11.3. The van der Waals surface area contributed by atoms with Crippen LogP contribution in [0.25, 0.3) is 10.8 Å². The molecule has 2 nitrogen and oxygen atoms in total. The van der Waals surface area contributed by atoms with Crippen molar-refractivity contribution in [1.29, 1.82) is 0 Å². The third-order valence-electron chi connectivity index (χ3n) is 4.77. The van der Waals surface area contributed by atoms with Crippen molar-refractivity contribution in [2.75, 3.05) is 7.11 Å². The number of fused-ring (bicyclic) bond motifs is 2. The highest BCUT2D eigenvalue weighted by Crippen LogP contribution is 2.40. The number of carbonyl (C=O) groups is 1. The van der Waals surface area contributed by atoms with Crippen LogP contribution in [0.15, 0.2) is 60.7 Å².